The summed E-state index contributed by atoms with van der Waals surface area (Å²) in [5, 5.41) is 2.94. The first-order valence-electron chi connectivity index (χ1n) is 10.9. The van der Waals surface area contributed by atoms with Crippen molar-refractivity contribution in [2.45, 2.75) is 70.3 Å². The number of rotatable bonds is 4. The number of nitrogens with zero attached hydrogens (tertiary/aromatic N) is 2. The number of fused-ring (bicyclic) bond motifs is 1. The highest BCUT2D eigenvalue weighted by atomic mass is 16.8. The van der Waals surface area contributed by atoms with Crippen molar-refractivity contribution in [1.29, 1.82) is 0 Å². The number of carbonyl (C=O) groups excluding carboxylic acids is 2. The molecule has 0 aromatic carbocycles. The van der Waals surface area contributed by atoms with E-state index >= 15 is 0 Å². The van der Waals surface area contributed by atoms with Crippen molar-refractivity contribution in [3.8, 4) is 5.88 Å². The first-order chi connectivity index (χ1) is 15.2. The summed E-state index contributed by atoms with van der Waals surface area (Å²) < 4.78 is 21.8. The van der Waals surface area contributed by atoms with Gasteiger partial charge < -0.3 is 24.3 Å². The minimum atomic E-state index is -0.679. The molecule has 1 saturated heterocycles. The molecule has 1 saturated carbocycles. The number of cyclic esters (lactones) is 2. The summed E-state index contributed by atoms with van der Waals surface area (Å²) in [5.41, 5.74) is 1.53. The second kappa shape index (κ2) is 8.80. The molecule has 9 heteroatoms. The molecule has 172 valence electrons. The number of pyridine rings is 2. The fourth-order valence-electron chi connectivity index (χ4n) is 4.39. The molecule has 1 amide bonds. The van der Waals surface area contributed by atoms with Crippen molar-refractivity contribution >= 4 is 23.3 Å². The number of amides is 1. The Balaban J connectivity index is 1.47. The number of ether oxygens (including phenoxy) is 4. The highest BCUT2D eigenvalue weighted by Crippen LogP contribution is 2.41. The monoisotopic (exact) mass is 443 g/mol. The van der Waals surface area contributed by atoms with E-state index in [1.165, 1.54) is 0 Å². The highest BCUT2D eigenvalue weighted by molar-refractivity contribution is 5.79. The van der Waals surface area contributed by atoms with Crippen LogP contribution in [0.4, 0.5) is 9.59 Å². The summed E-state index contributed by atoms with van der Waals surface area (Å²) in [7, 11) is 1.55. The normalized spacial score (nSPS) is 25.7. The van der Waals surface area contributed by atoms with Gasteiger partial charge in [-0.1, -0.05) is 0 Å². The molecule has 1 aliphatic carbocycles. The molecule has 0 radical (unpaired) electrons. The van der Waals surface area contributed by atoms with Gasteiger partial charge in [0.25, 0.3) is 0 Å². The van der Waals surface area contributed by atoms with Crippen LogP contribution in [0.15, 0.2) is 24.4 Å². The van der Waals surface area contributed by atoms with E-state index in [0.29, 0.717) is 16.9 Å². The lowest BCUT2D eigenvalue weighted by Crippen LogP contribution is -2.42. The van der Waals surface area contributed by atoms with Crippen LogP contribution in [0.5, 0.6) is 5.88 Å². The van der Waals surface area contributed by atoms with E-state index < -0.39 is 30.1 Å². The zero-order valence-corrected chi connectivity index (χ0v) is 18.8. The van der Waals surface area contributed by atoms with Gasteiger partial charge in [0.15, 0.2) is 6.10 Å². The second-order valence-electron chi connectivity index (χ2n) is 9.25. The number of hydrogen-bond donors (Lipinski definition) is 1. The van der Waals surface area contributed by atoms with Crippen molar-refractivity contribution in [1.82, 2.24) is 15.3 Å². The van der Waals surface area contributed by atoms with Gasteiger partial charge in [0, 0.05) is 29.8 Å². The third-order valence-electron chi connectivity index (χ3n) is 5.82. The molecule has 1 N–H and O–H groups in total. The zero-order valence-electron chi connectivity index (χ0n) is 18.8. The number of methoxy groups -OCH3 is 1. The molecule has 2 aliphatic rings. The Hall–Kier alpha value is -3.10. The Morgan fingerprint density at radius 2 is 1.88 bits per heavy atom. The van der Waals surface area contributed by atoms with Crippen LogP contribution < -0.4 is 10.1 Å². The van der Waals surface area contributed by atoms with Crippen molar-refractivity contribution < 1.29 is 28.5 Å². The summed E-state index contributed by atoms with van der Waals surface area (Å²) in [4.78, 5) is 33.1. The number of carbonyl (C=O) groups is 2. The first kappa shape index (κ1) is 22.1. The Morgan fingerprint density at radius 1 is 1.12 bits per heavy atom. The Labute approximate surface area is 186 Å². The molecule has 9 nitrogen and oxygen atoms in total. The van der Waals surface area contributed by atoms with E-state index in [-0.39, 0.29) is 12.0 Å². The average Bonchev–Trinajstić information content (AvgIpc) is 3.13. The summed E-state index contributed by atoms with van der Waals surface area (Å²) in [6.45, 7) is 5.52. The number of aromatic nitrogens is 2. The summed E-state index contributed by atoms with van der Waals surface area (Å²) in [5.74, 6) is 0.569. The topological polar surface area (TPSA) is 109 Å². The Morgan fingerprint density at radius 3 is 2.56 bits per heavy atom. The predicted octanol–water partition coefficient (Wildman–Crippen LogP) is 4.30. The van der Waals surface area contributed by atoms with Crippen LogP contribution in [0.2, 0.25) is 0 Å². The molecule has 4 rings (SSSR count). The van der Waals surface area contributed by atoms with E-state index in [0.717, 1.165) is 31.2 Å². The lowest BCUT2D eigenvalue weighted by molar-refractivity contribution is 0.0436. The molecule has 2 atom stereocenters. The molecular formula is C23H29N3O6. The number of hydrogen-bond acceptors (Lipinski definition) is 8. The van der Waals surface area contributed by atoms with E-state index in [9.17, 15) is 9.59 Å². The smallest absolute Gasteiger partial charge is 0.481 e. The molecule has 2 fully saturated rings. The fourth-order valence-corrected chi connectivity index (χ4v) is 4.39. The van der Waals surface area contributed by atoms with Crippen molar-refractivity contribution in [2.24, 2.45) is 5.92 Å². The molecule has 0 spiro atoms. The van der Waals surface area contributed by atoms with E-state index in [4.69, 9.17) is 18.9 Å². The van der Waals surface area contributed by atoms with Gasteiger partial charge in [-0.05, 0) is 58.6 Å². The summed E-state index contributed by atoms with van der Waals surface area (Å²) in [6, 6.07) is 5.41. The highest BCUT2D eigenvalue weighted by Gasteiger charge is 2.45. The van der Waals surface area contributed by atoms with Crippen LogP contribution in [0, 0.1) is 5.92 Å². The van der Waals surface area contributed by atoms with Gasteiger partial charge in [0.2, 0.25) is 5.88 Å². The Kier molecular flexibility index (Phi) is 6.08. The lowest BCUT2D eigenvalue weighted by Gasteiger charge is -2.33. The molecule has 2 aromatic rings. The van der Waals surface area contributed by atoms with Gasteiger partial charge in [-0.15, -0.1) is 0 Å². The van der Waals surface area contributed by atoms with E-state index in [1.807, 2.05) is 32.9 Å². The maximum absolute atomic E-state index is 12.1. The zero-order chi connectivity index (χ0) is 22.9. The average molecular weight is 444 g/mol. The maximum atomic E-state index is 12.1. The minimum absolute atomic E-state index is 0.0326. The minimum Gasteiger partial charge on any atom is -0.481 e. The van der Waals surface area contributed by atoms with Crippen LogP contribution >= 0.6 is 0 Å². The van der Waals surface area contributed by atoms with Gasteiger partial charge in [0.1, 0.15) is 11.7 Å². The summed E-state index contributed by atoms with van der Waals surface area (Å²) in [6.07, 6.45) is 2.71. The fraction of sp³-hybridized carbons (Fsp3) is 0.565. The quantitative estimate of drug-likeness (QED) is 0.697. The van der Waals surface area contributed by atoms with E-state index in [1.54, 1.807) is 19.4 Å². The van der Waals surface area contributed by atoms with Gasteiger partial charge in [-0.2, -0.15) is 0 Å². The predicted molar refractivity (Wildman–Crippen MR) is 115 cm³/mol. The first-order valence-corrected chi connectivity index (χ1v) is 10.9. The Bertz CT molecular complexity index is 997. The van der Waals surface area contributed by atoms with Gasteiger partial charge in [0.05, 0.1) is 18.1 Å². The second-order valence-corrected chi connectivity index (χ2v) is 9.25. The number of nitrogens with one attached hydrogen (secondary N) is 1. The van der Waals surface area contributed by atoms with Crippen LogP contribution in [-0.4, -0.2) is 47.1 Å². The maximum Gasteiger partial charge on any atom is 0.509 e. The molecule has 0 unspecified atom stereocenters. The third-order valence-corrected chi connectivity index (χ3v) is 5.82. The van der Waals surface area contributed by atoms with Crippen LogP contribution in [0.25, 0.3) is 11.0 Å². The summed E-state index contributed by atoms with van der Waals surface area (Å²) >= 11 is 0. The number of alkyl carbamates (subject to hydrolysis) is 1. The van der Waals surface area contributed by atoms with Crippen LogP contribution in [0.1, 0.15) is 58.1 Å². The molecular weight excluding hydrogens is 414 g/mol. The van der Waals surface area contributed by atoms with Gasteiger partial charge in [-0.3, -0.25) is 4.98 Å². The van der Waals surface area contributed by atoms with Crippen LogP contribution in [0.3, 0.4) is 0 Å². The molecule has 3 heterocycles. The third kappa shape index (κ3) is 4.87. The van der Waals surface area contributed by atoms with Gasteiger partial charge >= 0.3 is 12.2 Å². The SMILES string of the molecule is COc1ccc2nccc([C@H]3OC(=O)O[C@@H]3C3CCC(NC(=O)OC(C)(C)C)CC3)c2n1. The largest absolute Gasteiger partial charge is 0.509 e. The van der Waals surface area contributed by atoms with Crippen LogP contribution in [-0.2, 0) is 14.2 Å². The lowest BCUT2D eigenvalue weighted by atomic mass is 9.80. The molecule has 2 aromatic heterocycles. The van der Waals surface area contributed by atoms with Gasteiger partial charge in [-0.25, -0.2) is 14.6 Å². The molecule has 0 bridgehead atoms. The van der Waals surface area contributed by atoms with E-state index in [2.05, 4.69) is 15.3 Å². The molecule has 32 heavy (non-hydrogen) atoms. The standard InChI is InChI=1S/C23H29N3O6/c1-23(2,3)32-21(27)25-14-7-5-13(6-8-14)19-20(31-22(28)30-19)15-11-12-24-16-9-10-17(29-4)26-18(15)16/h9-14,19-20H,5-8H2,1-4H3,(H,25,27)/t13?,14?,19-,20-/m1/s1. The molecule has 1 aliphatic heterocycles. The van der Waals surface area contributed by atoms with Crippen molar-refractivity contribution in [3.63, 3.8) is 0 Å². The van der Waals surface area contributed by atoms with Crippen molar-refractivity contribution in [3.05, 3.63) is 30.0 Å². The van der Waals surface area contributed by atoms with Crippen molar-refractivity contribution in [2.75, 3.05) is 7.11 Å².